The third-order valence-electron chi connectivity index (χ3n) is 8.30. The van der Waals surface area contributed by atoms with E-state index in [1.54, 1.807) is 0 Å². The number of piperidine rings is 2. The quantitative estimate of drug-likeness (QED) is 0.485. The van der Waals surface area contributed by atoms with E-state index in [0.29, 0.717) is 41.5 Å². The van der Waals surface area contributed by atoms with E-state index in [1.165, 1.54) is 45.2 Å². The Bertz CT molecular complexity index is 1250. The Morgan fingerprint density at radius 1 is 1.06 bits per heavy atom. The first-order chi connectivity index (χ1) is 16.9. The van der Waals surface area contributed by atoms with E-state index in [1.807, 2.05) is 50.2 Å². The molecule has 186 valence electrons. The van der Waals surface area contributed by atoms with Gasteiger partial charge in [-0.1, -0.05) is 36.8 Å². The highest BCUT2D eigenvalue weighted by atomic mass is 16.4. The number of fused-ring (bicyclic) bond motifs is 2. The minimum Gasteiger partial charge on any atom is -0.507 e. The lowest BCUT2D eigenvalue weighted by Gasteiger charge is -2.45. The van der Waals surface area contributed by atoms with Crippen LogP contribution in [0.25, 0.3) is 11.0 Å². The van der Waals surface area contributed by atoms with Gasteiger partial charge in [-0.3, -0.25) is 0 Å². The normalized spacial score (nSPS) is 20.9. The maximum absolute atomic E-state index is 12.8. The molecule has 0 unspecified atom stereocenters. The lowest BCUT2D eigenvalue weighted by atomic mass is 9.83. The monoisotopic (exact) mass is 474 g/mol. The molecule has 2 saturated heterocycles. The fourth-order valence-corrected chi connectivity index (χ4v) is 6.45. The van der Waals surface area contributed by atoms with Crippen LogP contribution < -0.4 is 5.63 Å². The second kappa shape index (κ2) is 10.2. The molecule has 5 heteroatoms. The molecule has 1 aromatic heterocycles. The molecule has 0 spiro atoms. The minimum atomic E-state index is -0.322. The predicted molar refractivity (Wildman–Crippen MR) is 141 cm³/mol. The van der Waals surface area contributed by atoms with Crippen molar-refractivity contribution in [1.29, 1.82) is 0 Å². The van der Waals surface area contributed by atoms with Gasteiger partial charge in [-0.2, -0.15) is 0 Å². The van der Waals surface area contributed by atoms with Gasteiger partial charge in [0.25, 0.3) is 0 Å². The van der Waals surface area contributed by atoms with Gasteiger partial charge in [0.05, 0.1) is 5.39 Å². The van der Waals surface area contributed by atoms with E-state index in [2.05, 4.69) is 16.8 Å². The summed E-state index contributed by atoms with van der Waals surface area (Å²) in [5.74, 6) is 0.944. The van der Waals surface area contributed by atoms with Crippen molar-refractivity contribution < 1.29 is 9.52 Å². The van der Waals surface area contributed by atoms with Crippen LogP contribution >= 0.6 is 0 Å². The number of nitrogens with zero attached hydrogens (tertiary/aromatic N) is 2. The van der Waals surface area contributed by atoms with Gasteiger partial charge in [-0.05, 0) is 88.3 Å². The lowest BCUT2D eigenvalue weighted by Crippen LogP contribution is -2.50. The SMILES string of the molecule is Cc1cc2oc(=O)c(Cc3ccccc3)c(C)c2c(O)c1CN(C)C[C@@H]1CCCN2CCCC[C@H]12. The molecule has 0 aliphatic carbocycles. The molecule has 0 saturated carbocycles. The van der Waals surface area contributed by atoms with Gasteiger partial charge in [0, 0.05) is 36.7 Å². The highest BCUT2D eigenvalue weighted by Gasteiger charge is 2.33. The molecule has 5 rings (SSSR count). The van der Waals surface area contributed by atoms with Crippen LogP contribution in [-0.2, 0) is 13.0 Å². The van der Waals surface area contributed by atoms with Gasteiger partial charge in [0.1, 0.15) is 11.3 Å². The minimum absolute atomic E-state index is 0.255. The Morgan fingerprint density at radius 3 is 2.63 bits per heavy atom. The summed E-state index contributed by atoms with van der Waals surface area (Å²) in [4.78, 5) is 17.9. The second-order valence-corrected chi connectivity index (χ2v) is 10.7. The van der Waals surface area contributed by atoms with Crippen LogP contribution in [0.3, 0.4) is 0 Å². The van der Waals surface area contributed by atoms with E-state index < -0.39 is 0 Å². The number of phenols is 1. The van der Waals surface area contributed by atoms with Crippen LogP contribution in [0.15, 0.2) is 45.6 Å². The zero-order chi connectivity index (χ0) is 24.5. The second-order valence-electron chi connectivity index (χ2n) is 10.7. The van der Waals surface area contributed by atoms with Crippen molar-refractivity contribution in [2.24, 2.45) is 5.92 Å². The summed E-state index contributed by atoms with van der Waals surface area (Å²) >= 11 is 0. The first-order valence-electron chi connectivity index (χ1n) is 13.2. The van der Waals surface area contributed by atoms with Crippen molar-refractivity contribution >= 4 is 11.0 Å². The van der Waals surface area contributed by atoms with E-state index >= 15 is 0 Å². The number of rotatable bonds is 6. The van der Waals surface area contributed by atoms with Gasteiger partial charge in [-0.25, -0.2) is 4.79 Å². The van der Waals surface area contributed by atoms with E-state index in [-0.39, 0.29) is 11.4 Å². The molecular formula is C30H38N2O3. The predicted octanol–water partition coefficient (Wildman–Crippen LogP) is 5.40. The average Bonchev–Trinajstić information content (AvgIpc) is 2.85. The Hall–Kier alpha value is -2.63. The smallest absolute Gasteiger partial charge is 0.340 e. The molecule has 1 N–H and O–H groups in total. The van der Waals surface area contributed by atoms with Crippen molar-refractivity contribution in [2.45, 2.75) is 65.0 Å². The molecule has 0 amide bonds. The molecule has 3 aromatic rings. The summed E-state index contributed by atoms with van der Waals surface area (Å²) < 4.78 is 5.71. The highest BCUT2D eigenvalue weighted by Crippen LogP contribution is 2.36. The highest BCUT2D eigenvalue weighted by molar-refractivity contribution is 5.89. The van der Waals surface area contributed by atoms with Gasteiger partial charge < -0.3 is 19.3 Å². The Kier molecular flexibility index (Phi) is 6.99. The van der Waals surface area contributed by atoms with Crippen LogP contribution in [0.2, 0.25) is 0 Å². The van der Waals surface area contributed by atoms with Crippen LogP contribution in [-0.4, -0.2) is 47.6 Å². The molecule has 2 aliphatic rings. The number of phenolic OH excluding ortho intramolecular Hbond substituents is 1. The Labute approximate surface area is 208 Å². The van der Waals surface area contributed by atoms with Crippen molar-refractivity contribution in [3.8, 4) is 5.75 Å². The first kappa shape index (κ1) is 24.1. The molecule has 0 radical (unpaired) electrons. The first-order valence-corrected chi connectivity index (χ1v) is 13.2. The van der Waals surface area contributed by atoms with Crippen LogP contribution in [0, 0.1) is 19.8 Å². The van der Waals surface area contributed by atoms with Gasteiger partial charge in [-0.15, -0.1) is 0 Å². The molecule has 2 fully saturated rings. The maximum Gasteiger partial charge on any atom is 0.340 e. The summed E-state index contributed by atoms with van der Waals surface area (Å²) in [5.41, 5.74) is 4.51. The third kappa shape index (κ3) is 4.89. The number of benzene rings is 2. The molecule has 2 aliphatic heterocycles. The van der Waals surface area contributed by atoms with Crippen LogP contribution in [0.4, 0.5) is 0 Å². The van der Waals surface area contributed by atoms with Gasteiger partial charge >= 0.3 is 5.63 Å². The van der Waals surface area contributed by atoms with Crippen LogP contribution in [0.5, 0.6) is 5.75 Å². The lowest BCUT2D eigenvalue weighted by molar-refractivity contribution is 0.0434. The molecule has 2 atom stereocenters. The molecule has 35 heavy (non-hydrogen) atoms. The summed E-state index contributed by atoms with van der Waals surface area (Å²) in [7, 11) is 2.17. The number of hydrogen-bond acceptors (Lipinski definition) is 5. The fourth-order valence-electron chi connectivity index (χ4n) is 6.45. The number of aromatic hydroxyl groups is 1. The van der Waals surface area contributed by atoms with Gasteiger partial charge in [0.2, 0.25) is 0 Å². The summed E-state index contributed by atoms with van der Waals surface area (Å²) in [6.45, 7) is 8.17. The Balaban J connectivity index is 1.42. The summed E-state index contributed by atoms with van der Waals surface area (Å²) in [6, 6.07) is 12.6. The molecule has 0 bridgehead atoms. The molecule has 2 aromatic carbocycles. The van der Waals surface area contributed by atoms with Gasteiger partial charge in [0.15, 0.2) is 0 Å². The van der Waals surface area contributed by atoms with Crippen molar-refractivity contribution in [3.63, 3.8) is 0 Å². The summed E-state index contributed by atoms with van der Waals surface area (Å²) in [6.07, 6.45) is 7.08. The topological polar surface area (TPSA) is 56.9 Å². The fraction of sp³-hybridized carbons (Fsp3) is 0.500. The number of hydrogen-bond donors (Lipinski definition) is 1. The molecule has 3 heterocycles. The van der Waals surface area contributed by atoms with E-state index in [9.17, 15) is 9.90 Å². The zero-order valence-corrected chi connectivity index (χ0v) is 21.3. The Morgan fingerprint density at radius 2 is 1.83 bits per heavy atom. The van der Waals surface area contributed by atoms with Crippen molar-refractivity contribution in [2.75, 3.05) is 26.7 Å². The average molecular weight is 475 g/mol. The largest absolute Gasteiger partial charge is 0.507 e. The van der Waals surface area contributed by atoms with Crippen LogP contribution in [0.1, 0.15) is 59.9 Å². The number of aryl methyl sites for hydroxylation is 2. The van der Waals surface area contributed by atoms with Crippen molar-refractivity contribution in [1.82, 2.24) is 9.80 Å². The van der Waals surface area contributed by atoms with E-state index in [0.717, 1.165) is 28.8 Å². The molecule has 5 nitrogen and oxygen atoms in total. The van der Waals surface area contributed by atoms with E-state index in [4.69, 9.17) is 4.42 Å². The maximum atomic E-state index is 12.8. The standard InChI is InChI=1S/C30H38N2O3/c1-20-16-27-28(21(2)24(30(34)35-27)17-22-10-5-4-6-11-22)29(33)25(20)19-31(3)18-23-12-9-15-32-14-8-7-13-26(23)32/h4-6,10-11,16,23,26,33H,7-9,12-15,17-19H2,1-3H3/t23-,26+/m0/s1. The van der Waals surface area contributed by atoms with Crippen molar-refractivity contribution in [3.05, 3.63) is 74.6 Å². The third-order valence-corrected chi connectivity index (χ3v) is 8.30. The molecular weight excluding hydrogens is 436 g/mol. The zero-order valence-electron chi connectivity index (χ0n) is 21.3. The summed E-state index contributed by atoms with van der Waals surface area (Å²) in [5, 5.41) is 12.1.